The van der Waals surface area contributed by atoms with E-state index >= 15 is 0 Å². The summed E-state index contributed by atoms with van der Waals surface area (Å²) < 4.78 is 36.6. The molecular weight excluding hydrogens is 362 g/mol. The number of ether oxygens (including phenoxy) is 2. The number of rotatable bonds is 6. The van der Waals surface area contributed by atoms with Gasteiger partial charge >= 0.3 is 0 Å². The fourth-order valence-corrected chi connectivity index (χ4v) is 5.80. The van der Waals surface area contributed by atoms with Gasteiger partial charge in [0.15, 0.2) is 9.84 Å². The molecule has 0 amide bonds. The summed E-state index contributed by atoms with van der Waals surface area (Å²) in [5.74, 6) is 0.356. The first kappa shape index (κ1) is 18.2. The highest BCUT2D eigenvalue weighted by atomic mass is 35.5. The van der Waals surface area contributed by atoms with Crippen LogP contribution in [0.2, 0.25) is 5.02 Å². The molecular formula is C18H20ClNO4S. The van der Waals surface area contributed by atoms with Crippen molar-refractivity contribution in [1.29, 1.82) is 0 Å². The maximum atomic E-state index is 13.1. The molecule has 2 aromatic rings. The minimum absolute atomic E-state index is 0.154. The van der Waals surface area contributed by atoms with Gasteiger partial charge in [0.2, 0.25) is 0 Å². The Kier molecular flexibility index (Phi) is 4.81. The molecule has 0 aliphatic heterocycles. The Hall–Kier alpha value is -1.60. The van der Waals surface area contributed by atoms with Crippen molar-refractivity contribution in [3.63, 3.8) is 0 Å². The number of nitrogens with two attached hydrogens (primary N) is 1. The van der Waals surface area contributed by atoms with E-state index in [1.165, 1.54) is 19.2 Å². The summed E-state index contributed by atoms with van der Waals surface area (Å²) in [7, 11) is -0.521. The highest BCUT2D eigenvalue weighted by Gasteiger charge is 2.69. The average Bonchev–Trinajstić information content (AvgIpc) is 3.22. The van der Waals surface area contributed by atoms with E-state index < -0.39 is 20.6 Å². The van der Waals surface area contributed by atoms with Crippen LogP contribution in [0.4, 0.5) is 0 Å². The van der Waals surface area contributed by atoms with E-state index in [2.05, 4.69) is 0 Å². The predicted molar refractivity (Wildman–Crippen MR) is 97.0 cm³/mol. The molecule has 5 nitrogen and oxygen atoms in total. The first-order chi connectivity index (χ1) is 11.8. The van der Waals surface area contributed by atoms with Crippen molar-refractivity contribution in [1.82, 2.24) is 0 Å². The second-order valence-electron chi connectivity index (χ2n) is 6.22. The third-order valence-corrected chi connectivity index (χ3v) is 7.21. The molecule has 0 bridgehead atoms. The molecule has 134 valence electrons. The van der Waals surface area contributed by atoms with Crippen LogP contribution in [0.5, 0.6) is 5.75 Å². The number of hydrogen-bond donors (Lipinski definition) is 1. The van der Waals surface area contributed by atoms with Gasteiger partial charge in [0, 0.05) is 18.1 Å². The molecule has 0 spiro atoms. The van der Waals surface area contributed by atoms with E-state index in [9.17, 15) is 8.42 Å². The van der Waals surface area contributed by atoms with Crippen LogP contribution in [0.1, 0.15) is 11.5 Å². The van der Waals surface area contributed by atoms with E-state index in [1.807, 2.05) is 12.1 Å². The Labute approximate surface area is 152 Å². The normalized spacial score (nSPS) is 25.6. The Morgan fingerprint density at radius 3 is 2.20 bits per heavy atom. The van der Waals surface area contributed by atoms with E-state index in [0.29, 0.717) is 10.8 Å². The fourth-order valence-electron chi connectivity index (χ4n) is 3.38. The van der Waals surface area contributed by atoms with Crippen LogP contribution in [0.3, 0.4) is 0 Å². The molecule has 0 radical (unpaired) electrons. The molecule has 0 saturated heterocycles. The summed E-state index contributed by atoms with van der Waals surface area (Å²) in [6, 6.07) is 13.4. The van der Waals surface area contributed by atoms with E-state index in [1.54, 1.807) is 31.4 Å². The highest BCUT2D eigenvalue weighted by molar-refractivity contribution is 7.92. The Morgan fingerprint density at radius 1 is 1.08 bits per heavy atom. The number of halogens is 1. The van der Waals surface area contributed by atoms with Crippen LogP contribution in [0, 0.1) is 0 Å². The molecule has 1 aliphatic rings. The number of sulfone groups is 1. The van der Waals surface area contributed by atoms with Crippen LogP contribution >= 0.6 is 11.6 Å². The van der Waals surface area contributed by atoms with Crippen LogP contribution in [0.25, 0.3) is 0 Å². The monoisotopic (exact) mass is 381 g/mol. The predicted octanol–water partition coefficient (Wildman–Crippen LogP) is 2.63. The van der Waals surface area contributed by atoms with Gasteiger partial charge in [0.1, 0.15) is 5.75 Å². The zero-order valence-electron chi connectivity index (χ0n) is 14.0. The van der Waals surface area contributed by atoms with E-state index in [4.69, 9.17) is 26.8 Å². The van der Waals surface area contributed by atoms with Crippen molar-refractivity contribution in [3.05, 3.63) is 59.1 Å². The van der Waals surface area contributed by atoms with Crippen molar-refractivity contribution >= 4 is 21.4 Å². The van der Waals surface area contributed by atoms with Crippen molar-refractivity contribution in [3.8, 4) is 5.75 Å². The molecule has 0 aromatic heterocycles. The van der Waals surface area contributed by atoms with Gasteiger partial charge in [-0.15, -0.1) is 0 Å². The summed E-state index contributed by atoms with van der Waals surface area (Å²) in [5, 5.41) is -0.271. The van der Waals surface area contributed by atoms with E-state index in [-0.39, 0.29) is 17.4 Å². The second-order valence-corrected chi connectivity index (χ2v) is 8.72. The molecule has 0 heterocycles. The molecule has 25 heavy (non-hydrogen) atoms. The third-order valence-electron chi connectivity index (χ3n) is 4.65. The maximum absolute atomic E-state index is 13.1. The first-order valence-corrected chi connectivity index (χ1v) is 9.68. The lowest BCUT2D eigenvalue weighted by Gasteiger charge is -2.11. The first-order valence-electron chi connectivity index (χ1n) is 7.76. The zero-order chi connectivity index (χ0) is 18.2. The second kappa shape index (κ2) is 6.61. The van der Waals surface area contributed by atoms with Crippen LogP contribution < -0.4 is 10.5 Å². The summed E-state index contributed by atoms with van der Waals surface area (Å²) in [4.78, 5) is 0.212. The molecule has 0 unspecified atom stereocenters. The van der Waals surface area contributed by atoms with Gasteiger partial charge in [0.05, 0.1) is 29.4 Å². The summed E-state index contributed by atoms with van der Waals surface area (Å²) in [6.45, 7) is 0.154. The van der Waals surface area contributed by atoms with Gasteiger partial charge in [-0.2, -0.15) is 0 Å². The van der Waals surface area contributed by atoms with Crippen molar-refractivity contribution < 1.29 is 17.9 Å². The van der Waals surface area contributed by atoms with Gasteiger partial charge in [-0.1, -0.05) is 23.7 Å². The lowest BCUT2D eigenvalue weighted by molar-refractivity contribution is 0.171. The lowest BCUT2D eigenvalue weighted by atomic mass is 10.1. The minimum Gasteiger partial charge on any atom is -0.497 e. The van der Waals surface area contributed by atoms with Gasteiger partial charge in [-0.05, 0) is 42.0 Å². The van der Waals surface area contributed by atoms with Gasteiger partial charge < -0.3 is 15.2 Å². The molecule has 2 aromatic carbocycles. The minimum atomic E-state index is -3.62. The smallest absolute Gasteiger partial charge is 0.183 e. The molecule has 3 atom stereocenters. The third kappa shape index (κ3) is 3.15. The molecule has 1 aliphatic carbocycles. The Bertz CT molecular complexity index is 852. The maximum Gasteiger partial charge on any atom is 0.183 e. The average molecular weight is 382 g/mol. The SMILES string of the molecule is COC[C@@]1(N)[C@H](S(=O)(=O)c2ccc(Cl)cc2)[C@@H]1c1ccc(OC)cc1. The van der Waals surface area contributed by atoms with Gasteiger partial charge in [0.25, 0.3) is 0 Å². The number of benzene rings is 2. The molecule has 2 N–H and O–H groups in total. The Balaban J connectivity index is 1.99. The van der Waals surface area contributed by atoms with Crippen molar-refractivity contribution in [2.75, 3.05) is 20.8 Å². The van der Waals surface area contributed by atoms with Gasteiger partial charge in [-0.3, -0.25) is 0 Å². The summed E-state index contributed by atoms with van der Waals surface area (Å²) >= 11 is 5.86. The molecule has 7 heteroatoms. The Morgan fingerprint density at radius 2 is 1.68 bits per heavy atom. The van der Waals surface area contributed by atoms with E-state index in [0.717, 1.165) is 5.56 Å². The van der Waals surface area contributed by atoms with Crippen LogP contribution in [-0.4, -0.2) is 40.0 Å². The quantitative estimate of drug-likeness (QED) is 0.832. The number of hydrogen-bond acceptors (Lipinski definition) is 5. The molecule has 1 saturated carbocycles. The van der Waals surface area contributed by atoms with Crippen LogP contribution in [-0.2, 0) is 14.6 Å². The summed E-state index contributed by atoms with van der Waals surface area (Å²) in [5.41, 5.74) is 6.32. The van der Waals surface area contributed by atoms with Crippen molar-refractivity contribution in [2.45, 2.75) is 21.6 Å². The lowest BCUT2D eigenvalue weighted by Crippen LogP contribution is -2.35. The largest absolute Gasteiger partial charge is 0.497 e. The molecule has 1 fully saturated rings. The van der Waals surface area contributed by atoms with Gasteiger partial charge in [-0.25, -0.2) is 8.42 Å². The standard InChI is InChI=1S/C18H20ClNO4S/c1-23-11-18(20)16(12-3-7-14(24-2)8-4-12)17(18)25(21,22)15-9-5-13(19)6-10-15/h3-10,16-17H,11,20H2,1-2H3/t16-,17+,18-/m0/s1. The zero-order valence-corrected chi connectivity index (χ0v) is 15.5. The molecule has 3 rings (SSSR count). The summed E-state index contributed by atoms with van der Waals surface area (Å²) in [6.07, 6.45) is 0. The van der Waals surface area contributed by atoms with Crippen LogP contribution in [0.15, 0.2) is 53.4 Å². The topological polar surface area (TPSA) is 78.6 Å². The fraction of sp³-hybridized carbons (Fsp3) is 0.333. The highest BCUT2D eigenvalue weighted by Crippen LogP contribution is 2.55. The number of methoxy groups -OCH3 is 2. The van der Waals surface area contributed by atoms with Crippen molar-refractivity contribution in [2.24, 2.45) is 5.73 Å².